The topological polar surface area (TPSA) is 85.5 Å². The standard InChI is InChI=1S/C20H28N4O3S2/c1-23(2)17-7-5-16(6-8-17)4-3-9-21-20(25)19-14-18(15-22-19)29(26,27)24-10-12-28-13-11-24/h5-8,14-15,22H,3-4,9-13H2,1-2H3,(H,21,25). The lowest BCUT2D eigenvalue weighted by atomic mass is 10.1. The highest BCUT2D eigenvalue weighted by molar-refractivity contribution is 7.99. The minimum atomic E-state index is -3.54. The summed E-state index contributed by atoms with van der Waals surface area (Å²) in [5.74, 6) is 1.31. The molecular formula is C20H28N4O3S2. The highest BCUT2D eigenvalue weighted by atomic mass is 32.2. The van der Waals surface area contributed by atoms with Crippen LogP contribution >= 0.6 is 11.8 Å². The van der Waals surface area contributed by atoms with E-state index >= 15 is 0 Å². The SMILES string of the molecule is CN(C)c1ccc(CCCNC(=O)c2cc(S(=O)(=O)N3CCSCC3)c[nH]2)cc1. The lowest BCUT2D eigenvalue weighted by Gasteiger charge is -2.24. The van der Waals surface area contributed by atoms with Crippen molar-refractivity contribution >= 4 is 33.4 Å². The number of carbonyl (C=O) groups is 1. The van der Waals surface area contributed by atoms with E-state index in [0.29, 0.717) is 19.6 Å². The van der Waals surface area contributed by atoms with Crippen LogP contribution < -0.4 is 10.2 Å². The molecular weight excluding hydrogens is 408 g/mol. The normalized spacial score (nSPS) is 15.2. The fourth-order valence-corrected chi connectivity index (χ4v) is 5.71. The second-order valence-electron chi connectivity index (χ2n) is 7.19. The molecule has 0 unspecified atom stereocenters. The van der Waals surface area contributed by atoms with Crippen LogP contribution in [0.2, 0.25) is 0 Å². The Labute approximate surface area is 176 Å². The Hall–Kier alpha value is -1.97. The summed E-state index contributed by atoms with van der Waals surface area (Å²) in [6.07, 6.45) is 3.08. The minimum Gasteiger partial charge on any atom is -0.378 e. The van der Waals surface area contributed by atoms with Crippen LogP contribution in [-0.4, -0.2) is 68.8 Å². The maximum Gasteiger partial charge on any atom is 0.267 e. The molecule has 1 fully saturated rings. The molecule has 29 heavy (non-hydrogen) atoms. The summed E-state index contributed by atoms with van der Waals surface area (Å²) >= 11 is 1.75. The molecule has 3 rings (SSSR count). The van der Waals surface area contributed by atoms with E-state index in [-0.39, 0.29) is 16.5 Å². The number of hydrogen-bond donors (Lipinski definition) is 2. The second kappa shape index (κ2) is 9.69. The number of nitrogens with zero attached hydrogens (tertiary/aromatic N) is 2. The lowest BCUT2D eigenvalue weighted by molar-refractivity contribution is 0.0949. The van der Waals surface area contributed by atoms with E-state index < -0.39 is 10.0 Å². The minimum absolute atomic E-state index is 0.149. The van der Waals surface area contributed by atoms with Gasteiger partial charge in [-0.25, -0.2) is 8.42 Å². The van der Waals surface area contributed by atoms with Gasteiger partial charge in [-0.1, -0.05) is 12.1 Å². The molecule has 1 aromatic heterocycles. The smallest absolute Gasteiger partial charge is 0.267 e. The summed E-state index contributed by atoms with van der Waals surface area (Å²) in [6, 6.07) is 9.77. The van der Waals surface area contributed by atoms with Crippen molar-refractivity contribution in [3.8, 4) is 0 Å². The molecule has 158 valence electrons. The highest BCUT2D eigenvalue weighted by Crippen LogP contribution is 2.21. The molecule has 9 heteroatoms. The van der Waals surface area contributed by atoms with Gasteiger partial charge in [0.15, 0.2) is 0 Å². The van der Waals surface area contributed by atoms with Crippen molar-refractivity contribution in [3.63, 3.8) is 0 Å². The summed E-state index contributed by atoms with van der Waals surface area (Å²) in [4.78, 5) is 17.3. The number of aryl methyl sites for hydroxylation is 1. The van der Waals surface area contributed by atoms with Crippen LogP contribution in [0.1, 0.15) is 22.5 Å². The first-order valence-corrected chi connectivity index (χ1v) is 12.3. The molecule has 0 bridgehead atoms. The fourth-order valence-electron chi connectivity index (χ4n) is 3.14. The number of sulfonamides is 1. The Morgan fingerprint density at radius 3 is 2.55 bits per heavy atom. The van der Waals surface area contributed by atoms with Crippen LogP contribution in [0, 0.1) is 0 Å². The monoisotopic (exact) mass is 436 g/mol. The number of benzene rings is 1. The zero-order chi connectivity index (χ0) is 20.9. The third kappa shape index (κ3) is 5.55. The van der Waals surface area contributed by atoms with Crippen LogP contribution in [0.3, 0.4) is 0 Å². The summed E-state index contributed by atoms with van der Waals surface area (Å²) in [5.41, 5.74) is 2.64. The molecule has 0 saturated carbocycles. The van der Waals surface area contributed by atoms with Crippen molar-refractivity contribution in [3.05, 3.63) is 47.8 Å². The molecule has 1 aliphatic heterocycles. The lowest BCUT2D eigenvalue weighted by Crippen LogP contribution is -2.37. The van der Waals surface area contributed by atoms with E-state index in [1.807, 2.05) is 14.1 Å². The summed E-state index contributed by atoms with van der Waals surface area (Å²) in [5, 5.41) is 2.85. The number of hydrogen-bond acceptors (Lipinski definition) is 5. The van der Waals surface area contributed by atoms with Crippen molar-refractivity contribution in [2.24, 2.45) is 0 Å². The molecule has 0 aliphatic carbocycles. The number of anilines is 1. The molecule has 0 atom stereocenters. The molecule has 0 radical (unpaired) electrons. The number of aromatic amines is 1. The molecule has 2 N–H and O–H groups in total. The molecule has 1 aliphatic rings. The highest BCUT2D eigenvalue weighted by Gasteiger charge is 2.27. The first-order valence-electron chi connectivity index (χ1n) is 9.69. The van der Waals surface area contributed by atoms with Gasteiger partial charge in [0.05, 0.1) is 0 Å². The van der Waals surface area contributed by atoms with Crippen LogP contribution in [0.25, 0.3) is 0 Å². The zero-order valence-electron chi connectivity index (χ0n) is 16.8. The van der Waals surface area contributed by atoms with Crippen molar-refractivity contribution < 1.29 is 13.2 Å². The third-order valence-corrected chi connectivity index (χ3v) is 7.71. The molecule has 7 nitrogen and oxygen atoms in total. The average Bonchev–Trinajstić information content (AvgIpc) is 3.23. The van der Waals surface area contributed by atoms with Crippen molar-refractivity contribution in [2.45, 2.75) is 17.7 Å². The van der Waals surface area contributed by atoms with Crippen LogP contribution in [-0.2, 0) is 16.4 Å². The van der Waals surface area contributed by atoms with Crippen molar-refractivity contribution in [1.29, 1.82) is 0 Å². The van der Waals surface area contributed by atoms with Crippen molar-refractivity contribution in [2.75, 3.05) is 50.1 Å². The Balaban J connectivity index is 1.49. The Kier molecular flexibility index (Phi) is 7.26. The first-order chi connectivity index (χ1) is 13.9. The van der Waals surface area contributed by atoms with E-state index in [4.69, 9.17) is 0 Å². The van der Waals surface area contributed by atoms with E-state index in [2.05, 4.69) is 39.5 Å². The first kappa shape index (κ1) is 21.7. The molecule has 0 spiro atoms. The van der Waals surface area contributed by atoms with E-state index in [1.165, 1.54) is 22.1 Å². The maximum absolute atomic E-state index is 12.7. The van der Waals surface area contributed by atoms with Crippen LogP contribution in [0.15, 0.2) is 41.4 Å². The Morgan fingerprint density at radius 1 is 1.21 bits per heavy atom. The number of amides is 1. The number of nitrogens with one attached hydrogen (secondary N) is 2. The zero-order valence-corrected chi connectivity index (χ0v) is 18.5. The van der Waals surface area contributed by atoms with E-state index in [0.717, 1.165) is 30.0 Å². The third-order valence-electron chi connectivity index (χ3n) is 4.89. The van der Waals surface area contributed by atoms with Gasteiger partial charge in [-0.15, -0.1) is 0 Å². The number of thioether (sulfide) groups is 1. The summed E-state index contributed by atoms with van der Waals surface area (Å²) < 4.78 is 26.8. The van der Waals surface area contributed by atoms with Gasteiger partial charge in [0.2, 0.25) is 10.0 Å². The molecule has 1 aromatic carbocycles. The van der Waals surface area contributed by atoms with E-state index in [9.17, 15) is 13.2 Å². The predicted molar refractivity (Wildman–Crippen MR) is 118 cm³/mol. The van der Waals surface area contributed by atoms with Crippen molar-refractivity contribution in [1.82, 2.24) is 14.6 Å². The van der Waals surface area contributed by atoms with Gasteiger partial charge >= 0.3 is 0 Å². The van der Waals surface area contributed by atoms with Gasteiger partial charge in [-0.3, -0.25) is 4.79 Å². The Bertz CT molecular complexity index is 917. The van der Waals surface area contributed by atoms with E-state index in [1.54, 1.807) is 11.8 Å². The molecule has 1 amide bonds. The predicted octanol–water partition coefficient (Wildman–Crippen LogP) is 2.18. The summed E-state index contributed by atoms with van der Waals surface area (Å²) in [7, 11) is 0.474. The molecule has 2 aromatic rings. The summed E-state index contributed by atoms with van der Waals surface area (Å²) in [6.45, 7) is 1.54. The largest absolute Gasteiger partial charge is 0.378 e. The quantitative estimate of drug-likeness (QED) is 0.620. The number of rotatable bonds is 8. The van der Waals surface area contributed by atoms with Gasteiger partial charge in [0.25, 0.3) is 5.91 Å². The maximum atomic E-state index is 12.7. The number of carbonyl (C=O) groups excluding carboxylic acids is 1. The Morgan fingerprint density at radius 2 is 1.90 bits per heavy atom. The van der Waals surface area contributed by atoms with Gasteiger partial charge < -0.3 is 15.2 Å². The van der Waals surface area contributed by atoms with Gasteiger partial charge in [-0.05, 0) is 36.6 Å². The fraction of sp³-hybridized carbons (Fsp3) is 0.450. The molecule has 2 heterocycles. The van der Waals surface area contributed by atoms with Gasteiger partial charge in [0, 0.05) is 57.1 Å². The number of H-pyrrole nitrogens is 1. The van der Waals surface area contributed by atoms with Gasteiger partial charge in [-0.2, -0.15) is 16.1 Å². The molecule has 1 saturated heterocycles. The second-order valence-corrected chi connectivity index (χ2v) is 10.3. The van der Waals surface area contributed by atoms with Gasteiger partial charge in [0.1, 0.15) is 10.6 Å². The van der Waals surface area contributed by atoms with Crippen LogP contribution in [0.5, 0.6) is 0 Å². The number of aromatic nitrogens is 1. The average molecular weight is 437 g/mol. The van der Waals surface area contributed by atoms with Crippen LogP contribution in [0.4, 0.5) is 5.69 Å².